The number of rotatable bonds is 2. The van der Waals surface area contributed by atoms with Crippen LogP contribution in [0.3, 0.4) is 0 Å². The average molecular weight is 341 g/mol. The van der Waals surface area contributed by atoms with E-state index in [1.54, 1.807) is 4.68 Å². The Morgan fingerprint density at radius 3 is 2.80 bits per heavy atom. The Bertz CT molecular complexity index is 765. The minimum Gasteiger partial charge on any atom is -0.381 e. The second-order valence-electron chi connectivity index (χ2n) is 6.60. The molecule has 0 spiro atoms. The number of aryl methyl sites for hydroxylation is 1. The second kappa shape index (κ2) is 6.98. The molecule has 0 unspecified atom stereocenters. The molecule has 2 aliphatic heterocycles. The van der Waals surface area contributed by atoms with Crippen LogP contribution in [0.2, 0.25) is 0 Å². The number of hydrogen-bond donors (Lipinski definition) is 0. The van der Waals surface area contributed by atoms with Gasteiger partial charge < -0.3 is 14.4 Å². The summed E-state index contributed by atoms with van der Waals surface area (Å²) in [5.41, 5.74) is 3.59. The molecule has 6 nitrogen and oxygen atoms in total. The van der Waals surface area contributed by atoms with E-state index in [1.807, 2.05) is 42.3 Å². The summed E-state index contributed by atoms with van der Waals surface area (Å²) in [7, 11) is 1.84. The summed E-state index contributed by atoms with van der Waals surface area (Å²) in [4.78, 5) is 15.0. The lowest BCUT2D eigenvalue weighted by Gasteiger charge is -2.22. The van der Waals surface area contributed by atoms with E-state index in [0.717, 1.165) is 43.0 Å². The van der Waals surface area contributed by atoms with Crippen molar-refractivity contribution in [2.45, 2.75) is 25.4 Å². The molecular weight excluding hydrogens is 318 g/mol. The van der Waals surface area contributed by atoms with Crippen LogP contribution in [0.5, 0.6) is 0 Å². The van der Waals surface area contributed by atoms with Crippen molar-refractivity contribution in [3.8, 4) is 0 Å². The molecule has 0 aliphatic carbocycles. The number of hydrogen-bond acceptors (Lipinski definition) is 4. The molecule has 4 rings (SSSR count). The van der Waals surface area contributed by atoms with Gasteiger partial charge in [0.1, 0.15) is 5.69 Å². The zero-order valence-electron chi connectivity index (χ0n) is 14.5. The molecule has 0 atom stereocenters. The summed E-state index contributed by atoms with van der Waals surface area (Å²) < 4.78 is 12.8. The van der Waals surface area contributed by atoms with Crippen molar-refractivity contribution in [1.82, 2.24) is 9.78 Å². The van der Waals surface area contributed by atoms with Crippen LogP contribution in [0, 0.1) is 0 Å². The predicted molar refractivity (Wildman–Crippen MR) is 93.8 cm³/mol. The van der Waals surface area contributed by atoms with Crippen molar-refractivity contribution in [3.05, 3.63) is 47.3 Å². The van der Waals surface area contributed by atoms with Crippen LogP contribution in [0.15, 0.2) is 30.3 Å². The summed E-state index contributed by atoms with van der Waals surface area (Å²) in [5, 5.41) is 4.61. The fraction of sp³-hybridized carbons (Fsp3) is 0.474. The Morgan fingerprint density at radius 1 is 1.16 bits per heavy atom. The SMILES string of the molecule is Cn1nc(C2CCOCC2)cc1C(=O)N1CCOCc2ccccc21. The largest absolute Gasteiger partial charge is 0.381 e. The number of para-hydroxylation sites is 1. The first-order valence-corrected chi connectivity index (χ1v) is 8.83. The maximum atomic E-state index is 13.2. The molecule has 1 aromatic carbocycles. The molecule has 6 heteroatoms. The van der Waals surface area contributed by atoms with Gasteiger partial charge in [0, 0.05) is 44.0 Å². The molecule has 3 heterocycles. The van der Waals surface area contributed by atoms with Gasteiger partial charge in [0.15, 0.2) is 0 Å². The van der Waals surface area contributed by atoms with Crippen LogP contribution in [-0.2, 0) is 23.1 Å². The third-order valence-corrected chi connectivity index (χ3v) is 5.00. The van der Waals surface area contributed by atoms with Crippen molar-refractivity contribution in [3.63, 3.8) is 0 Å². The van der Waals surface area contributed by atoms with E-state index in [-0.39, 0.29) is 5.91 Å². The lowest BCUT2D eigenvalue weighted by molar-refractivity contribution is 0.0844. The number of carbonyl (C=O) groups is 1. The zero-order chi connectivity index (χ0) is 17.2. The number of nitrogens with zero attached hydrogens (tertiary/aromatic N) is 3. The number of fused-ring (bicyclic) bond motifs is 1. The van der Waals surface area contributed by atoms with Gasteiger partial charge in [-0.25, -0.2) is 0 Å². The Hall–Kier alpha value is -2.18. The molecule has 0 radical (unpaired) electrons. The van der Waals surface area contributed by atoms with Crippen LogP contribution in [0.4, 0.5) is 5.69 Å². The molecule has 2 aliphatic rings. The topological polar surface area (TPSA) is 56.6 Å². The van der Waals surface area contributed by atoms with Crippen LogP contribution in [0.1, 0.15) is 40.5 Å². The highest BCUT2D eigenvalue weighted by atomic mass is 16.5. The molecule has 0 bridgehead atoms. The number of aromatic nitrogens is 2. The van der Waals surface area contributed by atoms with Crippen molar-refractivity contribution in [2.75, 3.05) is 31.3 Å². The van der Waals surface area contributed by atoms with E-state index < -0.39 is 0 Å². The molecule has 2 aromatic rings. The number of anilines is 1. The summed E-state index contributed by atoms with van der Waals surface area (Å²) in [5.74, 6) is 0.354. The molecule has 1 amide bonds. The Kier molecular flexibility index (Phi) is 4.55. The molecule has 1 aromatic heterocycles. The lowest BCUT2D eigenvalue weighted by atomic mass is 9.96. The highest BCUT2D eigenvalue weighted by Gasteiger charge is 2.27. The zero-order valence-corrected chi connectivity index (χ0v) is 14.5. The van der Waals surface area contributed by atoms with Crippen LogP contribution >= 0.6 is 0 Å². The van der Waals surface area contributed by atoms with Crippen LogP contribution in [-0.4, -0.2) is 42.1 Å². The fourth-order valence-corrected chi connectivity index (χ4v) is 3.59. The standard InChI is InChI=1S/C19H23N3O3/c1-21-18(12-16(20-21)14-6-9-24-10-7-14)19(23)22-8-11-25-13-15-4-2-3-5-17(15)22/h2-5,12,14H,6-11,13H2,1H3. The Balaban J connectivity index is 1.64. The smallest absolute Gasteiger partial charge is 0.276 e. The summed E-state index contributed by atoms with van der Waals surface area (Å²) in [6.07, 6.45) is 1.93. The Morgan fingerprint density at radius 2 is 1.96 bits per heavy atom. The minimum absolute atomic E-state index is 0.0220. The summed E-state index contributed by atoms with van der Waals surface area (Å²) in [6, 6.07) is 9.88. The third kappa shape index (κ3) is 3.19. The second-order valence-corrected chi connectivity index (χ2v) is 6.60. The number of ether oxygens (including phenoxy) is 2. The normalized spacial score (nSPS) is 18.7. The highest BCUT2D eigenvalue weighted by molar-refractivity contribution is 6.05. The van der Waals surface area contributed by atoms with Gasteiger partial charge in [-0.3, -0.25) is 9.48 Å². The van der Waals surface area contributed by atoms with Gasteiger partial charge in [-0.1, -0.05) is 18.2 Å². The van der Waals surface area contributed by atoms with Gasteiger partial charge in [0.05, 0.1) is 18.9 Å². The minimum atomic E-state index is -0.0220. The molecule has 1 saturated heterocycles. The monoisotopic (exact) mass is 341 g/mol. The molecule has 1 fully saturated rings. The van der Waals surface area contributed by atoms with E-state index >= 15 is 0 Å². The van der Waals surface area contributed by atoms with Crippen molar-refractivity contribution in [1.29, 1.82) is 0 Å². The molecule has 132 valence electrons. The first-order valence-electron chi connectivity index (χ1n) is 8.83. The fourth-order valence-electron chi connectivity index (χ4n) is 3.59. The van der Waals surface area contributed by atoms with E-state index in [4.69, 9.17) is 9.47 Å². The third-order valence-electron chi connectivity index (χ3n) is 5.00. The highest BCUT2D eigenvalue weighted by Crippen LogP contribution is 2.28. The van der Waals surface area contributed by atoms with E-state index in [2.05, 4.69) is 5.10 Å². The molecule has 0 N–H and O–H groups in total. The number of benzene rings is 1. The first-order chi connectivity index (χ1) is 12.2. The van der Waals surface area contributed by atoms with Gasteiger partial charge in [0.25, 0.3) is 5.91 Å². The van der Waals surface area contributed by atoms with E-state index in [0.29, 0.717) is 31.4 Å². The number of amides is 1. The summed E-state index contributed by atoms with van der Waals surface area (Å²) >= 11 is 0. The van der Waals surface area contributed by atoms with Crippen molar-refractivity contribution in [2.24, 2.45) is 7.05 Å². The molecular formula is C19H23N3O3. The van der Waals surface area contributed by atoms with Crippen molar-refractivity contribution >= 4 is 11.6 Å². The summed E-state index contributed by atoms with van der Waals surface area (Å²) in [6.45, 7) is 3.15. The van der Waals surface area contributed by atoms with Gasteiger partial charge in [0.2, 0.25) is 0 Å². The lowest BCUT2D eigenvalue weighted by Crippen LogP contribution is -2.34. The van der Waals surface area contributed by atoms with Crippen LogP contribution in [0.25, 0.3) is 0 Å². The quantitative estimate of drug-likeness (QED) is 0.842. The maximum absolute atomic E-state index is 13.2. The molecule has 0 saturated carbocycles. The maximum Gasteiger partial charge on any atom is 0.276 e. The first kappa shape index (κ1) is 16.3. The van der Waals surface area contributed by atoms with Gasteiger partial charge in [-0.05, 0) is 25.0 Å². The average Bonchev–Trinajstić information content (AvgIpc) is 2.91. The predicted octanol–water partition coefficient (Wildman–Crippen LogP) is 2.49. The van der Waals surface area contributed by atoms with Crippen molar-refractivity contribution < 1.29 is 14.3 Å². The van der Waals surface area contributed by atoms with Gasteiger partial charge in [-0.15, -0.1) is 0 Å². The van der Waals surface area contributed by atoms with E-state index in [1.165, 1.54) is 0 Å². The van der Waals surface area contributed by atoms with E-state index in [9.17, 15) is 4.79 Å². The van der Waals surface area contributed by atoms with Gasteiger partial charge in [-0.2, -0.15) is 5.10 Å². The number of carbonyl (C=O) groups excluding carboxylic acids is 1. The van der Waals surface area contributed by atoms with Gasteiger partial charge >= 0.3 is 0 Å². The van der Waals surface area contributed by atoms with Crippen LogP contribution < -0.4 is 4.90 Å². The molecule has 25 heavy (non-hydrogen) atoms. The Labute approximate surface area is 147 Å².